The zero-order valence-electron chi connectivity index (χ0n) is 19.4. The molecule has 6 nitrogen and oxygen atoms in total. The van der Waals surface area contributed by atoms with Crippen LogP contribution in [-0.4, -0.2) is 20.3 Å². The SMILES string of the molecule is CCn1c(=O)c(CCC(=O)NCc2cccc(Cl)c2)c(C)c2c(C)nn(-c3cccc(F)c3)c21. The summed E-state index contributed by atoms with van der Waals surface area (Å²) in [4.78, 5) is 25.9. The summed E-state index contributed by atoms with van der Waals surface area (Å²) in [5, 5.41) is 8.97. The zero-order valence-corrected chi connectivity index (χ0v) is 20.1. The molecule has 0 saturated heterocycles. The number of pyridine rings is 1. The first kappa shape index (κ1) is 23.7. The molecule has 0 atom stereocenters. The van der Waals surface area contributed by atoms with Crippen LogP contribution in [0.15, 0.2) is 53.3 Å². The Morgan fingerprint density at radius 3 is 2.62 bits per heavy atom. The summed E-state index contributed by atoms with van der Waals surface area (Å²) >= 11 is 6.00. The fraction of sp³-hybridized carbons (Fsp3) is 0.269. The van der Waals surface area contributed by atoms with Crippen LogP contribution in [0.25, 0.3) is 16.7 Å². The molecule has 8 heteroatoms. The third-order valence-electron chi connectivity index (χ3n) is 5.97. The van der Waals surface area contributed by atoms with Crippen molar-refractivity contribution in [2.24, 2.45) is 0 Å². The molecule has 4 rings (SSSR count). The monoisotopic (exact) mass is 480 g/mol. The molecule has 0 unspecified atom stereocenters. The van der Waals surface area contributed by atoms with Crippen LogP contribution in [0.3, 0.4) is 0 Å². The van der Waals surface area contributed by atoms with E-state index in [1.54, 1.807) is 33.5 Å². The number of aromatic nitrogens is 3. The fourth-order valence-corrected chi connectivity index (χ4v) is 4.54. The lowest BCUT2D eigenvalue weighted by molar-refractivity contribution is -0.121. The molecule has 0 aliphatic rings. The number of carbonyl (C=O) groups excluding carboxylic acids is 1. The smallest absolute Gasteiger partial charge is 0.255 e. The average Bonchev–Trinajstić information content (AvgIpc) is 3.15. The number of amides is 1. The van der Waals surface area contributed by atoms with Crippen LogP contribution >= 0.6 is 11.6 Å². The van der Waals surface area contributed by atoms with Gasteiger partial charge >= 0.3 is 0 Å². The fourth-order valence-electron chi connectivity index (χ4n) is 4.32. The standard InChI is InChI=1S/C26H26ClFN4O2/c1-4-31-25-24(17(3)30-32(25)21-10-6-9-20(28)14-21)16(2)22(26(31)34)11-12-23(33)29-15-18-7-5-8-19(27)13-18/h5-10,13-14H,4,11-12,15H2,1-3H3,(H,29,33). The maximum Gasteiger partial charge on any atom is 0.255 e. The highest BCUT2D eigenvalue weighted by molar-refractivity contribution is 6.30. The summed E-state index contributed by atoms with van der Waals surface area (Å²) in [6, 6.07) is 13.4. The number of benzene rings is 2. The van der Waals surface area contributed by atoms with Gasteiger partial charge in [-0.25, -0.2) is 9.07 Å². The Bertz CT molecular complexity index is 1440. The normalized spacial score (nSPS) is 11.2. The molecule has 0 aliphatic heterocycles. The van der Waals surface area contributed by atoms with Crippen molar-refractivity contribution < 1.29 is 9.18 Å². The summed E-state index contributed by atoms with van der Waals surface area (Å²) in [7, 11) is 0. The Hall–Kier alpha value is -3.45. The molecule has 0 saturated carbocycles. The first-order valence-corrected chi connectivity index (χ1v) is 11.6. The Morgan fingerprint density at radius 1 is 1.15 bits per heavy atom. The highest BCUT2D eigenvalue weighted by atomic mass is 35.5. The lowest BCUT2D eigenvalue weighted by Gasteiger charge is -2.14. The molecule has 4 aromatic rings. The largest absolute Gasteiger partial charge is 0.352 e. The van der Waals surface area contributed by atoms with Crippen LogP contribution < -0.4 is 10.9 Å². The molecule has 0 spiro atoms. The maximum absolute atomic E-state index is 13.9. The molecule has 0 bridgehead atoms. The van der Waals surface area contributed by atoms with Gasteiger partial charge in [-0.1, -0.05) is 29.8 Å². The summed E-state index contributed by atoms with van der Waals surface area (Å²) in [6.45, 7) is 6.43. The minimum Gasteiger partial charge on any atom is -0.352 e. The molecule has 0 aliphatic carbocycles. The maximum atomic E-state index is 13.9. The molecular weight excluding hydrogens is 455 g/mol. The second-order valence-corrected chi connectivity index (χ2v) is 8.67. The second kappa shape index (κ2) is 9.81. The van der Waals surface area contributed by atoms with E-state index in [2.05, 4.69) is 10.4 Å². The van der Waals surface area contributed by atoms with Gasteiger partial charge in [-0.3, -0.25) is 14.2 Å². The number of hydrogen-bond donors (Lipinski definition) is 1. The van der Waals surface area contributed by atoms with E-state index in [9.17, 15) is 14.0 Å². The van der Waals surface area contributed by atoms with E-state index in [0.717, 1.165) is 22.2 Å². The summed E-state index contributed by atoms with van der Waals surface area (Å²) < 4.78 is 17.1. The van der Waals surface area contributed by atoms with Gasteiger partial charge in [0.1, 0.15) is 11.5 Å². The van der Waals surface area contributed by atoms with Gasteiger partial charge in [0.25, 0.3) is 5.56 Å². The van der Waals surface area contributed by atoms with Crippen LogP contribution in [0.4, 0.5) is 4.39 Å². The molecule has 34 heavy (non-hydrogen) atoms. The van der Waals surface area contributed by atoms with E-state index in [0.29, 0.717) is 41.4 Å². The van der Waals surface area contributed by atoms with E-state index in [4.69, 9.17) is 11.6 Å². The minimum absolute atomic E-state index is 0.144. The highest BCUT2D eigenvalue weighted by Crippen LogP contribution is 2.26. The summed E-state index contributed by atoms with van der Waals surface area (Å²) in [6.07, 6.45) is 0.496. The summed E-state index contributed by atoms with van der Waals surface area (Å²) in [5.41, 5.74) is 4.06. The number of halogens is 2. The molecule has 176 valence electrons. The predicted octanol–water partition coefficient (Wildman–Crippen LogP) is 4.87. The van der Waals surface area contributed by atoms with E-state index < -0.39 is 0 Å². The number of nitrogens with one attached hydrogen (secondary N) is 1. The van der Waals surface area contributed by atoms with Crippen LogP contribution in [0.1, 0.15) is 35.7 Å². The number of rotatable bonds is 7. The molecule has 1 amide bonds. The van der Waals surface area contributed by atoms with Gasteiger partial charge < -0.3 is 5.32 Å². The lowest BCUT2D eigenvalue weighted by Crippen LogP contribution is -2.28. The van der Waals surface area contributed by atoms with E-state index in [-0.39, 0.29) is 23.7 Å². The number of carbonyl (C=O) groups is 1. The van der Waals surface area contributed by atoms with E-state index in [1.165, 1.54) is 12.1 Å². The topological polar surface area (TPSA) is 68.9 Å². The number of hydrogen-bond acceptors (Lipinski definition) is 3. The molecule has 2 heterocycles. The first-order chi connectivity index (χ1) is 16.3. The Labute approximate surface area is 202 Å². The quantitative estimate of drug-likeness (QED) is 0.410. The number of aryl methyl sites for hydroxylation is 3. The number of fused-ring (bicyclic) bond motifs is 1. The van der Waals surface area contributed by atoms with Gasteiger partial charge in [0, 0.05) is 35.5 Å². The van der Waals surface area contributed by atoms with Gasteiger partial charge in [0.2, 0.25) is 5.91 Å². The van der Waals surface area contributed by atoms with Crippen molar-refractivity contribution in [3.63, 3.8) is 0 Å². The molecule has 1 N–H and O–H groups in total. The van der Waals surface area contributed by atoms with Crippen molar-refractivity contribution in [1.82, 2.24) is 19.7 Å². The predicted molar refractivity (Wildman–Crippen MR) is 132 cm³/mol. The third kappa shape index (κ3) is 4.61. The van der Waals surface area contributed by atoms with Gasteiger partial charge in [0.05, 0.1) is 11.4 Å². The Kier molecular flexibility index (Phi) is 6.84. The van der Waals surface area contributed by atoms with Crippen molar-refractivity contribution in [3.8, 4) is 5.69 Å². The van der Waals surface area contributed by atoms with Gasteiger partial charge in [-0.2, -0.15) is 5.10 Å². The highest BCUT2D eigenvalue weighted by Gasteiger charge is 2.21. The molecular formula is C26H26ClFN4O2. The minimum atomic E-state index is -0.374. The average molecular weight is 481 g/mol. The Balaban J connectivity index is 1.64. The lowest BCUT2D eigenvalue weighted by atomic mass is 10.0. The van der Waals surface area contributed by atoms with Crippen LogP contribution in [0.2, 0.25) is 5.02 Å². The van der Waals surface area contributed by atoms with Gasteiger partial charge in [-0.15, -0.1) is 0 Å². The molecule has 2 aromatic heterocycles. The first-order valence-electron chi connectivity index (χ1n) is 11.2. The zero-order chi connectivity index (χ0) is 24.4. The molecule has 0 fully saturated rings. The second-order valence-electron chi connectivity index (χ2n) is 8.24. The summed E-state index contributed by atoms with van der Waals surface area (Å²) in [5.74, 6) is -0.518. The van der Waals surface area contributed by atoms with Crippen molar-refractivity contribution >= 4 is 28.5 Å². The van der Waals surface area contributed by atoms with Crippen molar-refractivity contribution in [3.05, 3.63) is 92.1 Å². The number of nitrogens with zero attached hydrogens (tertiary/aromatic N) is 3. The van der Waals surface area contributed by atoms with Crippen LogP contribution in [0, 0.1) is 19.7 Å². The van der Waals surface area contributed by atoms with Crippen LogP contribution in [-0.2, 0) is 24.3 Å². The van der Waals surface area contributed by atoms with E-state index in [1.807, 2.05) is 32.9 Å². The van der Waals surface area contributed by atoms with Gasteiger partial charge in [0.15, 0.2) is 0 Å². The van der Waals surface area contributed by atoms with E-state index >= 15 is 0 Å². The van der Waals surface area contributed by atoms with Crippen molar-refractivity contribution in [2.75, 3.05) is 0 Å². The van der Waals surface area contributed by atoms with Gasteiger partial charge in [-0.05, 0) is 68.7 Å². The molecule has 0 radical (unpaired) electrons. The van der Waals surface area contributed by atoms with Crippen molar-refractivity contribution in [1.29, 1.82) is 0 Å². The Morgan fingerprint density at radius 2 is 1.91 bits per heavy atom. The molecule has 2 aromatic carbocycles. The third-order valence-corrected chi connectivity index (χ3v) is 6.21. The van der Waals surface area contributed by atoms with Crippen molar-refractivity contribution in [2.45, 2.75) is 46.7 Å². The van der Waals surface area contributed by atoms with Crippen LogP contribution in [0.5, 0.6) is 0 Å².